The monoisotopic (exact) mass is 275 g/mol. The van der Waals surface area contributed by atoms with Crippen LogP contribution in [0.15, 0.2) is 18.3 Å². The lowest BCUT2D eigenvalue weighted by atomic mass is 9.97. The number of methoxy groups -OCH3 is 1. The molecule has 0 bridgehead atoms. The minimum Gasteiger partial charge on any atom is -0.495 e. The van der Waals surface area contributed by atoms with Gasteiger partial charge in [0.05, 0.1) is 18.8 Å². The Kier molecular flexibility index (Phi) is 3.31. The SMILES string of the molecule is COc1ccc2c(C(=O)O)nc(C3CCNCC3)n2c1. The quantitative estimate of drug-likeness (QED) is 0.888. The number of carboxylic acid groups (broad SMARTS) is 1. The molecule has 1 aliphatic rings. The number of carbonyl (C=O) groups is 1. The van der Waals surface area contributed by atoms with Gasteiger partial charge in [-0.25, -0.2) is 9.78 Å². The van der Waals surface area contributed by atoms with Crippen LogP contribution in [-0.2, 0) is 0 Å². The van der Waals surface area contributed by atoms with Crippen LogP contribution in [0.1, 0.15) is 35.1 Å². The van der Waals surface area contributed by atoms with Gasteiger partial charge in [-0.1, -0.05) is 0 Å². The van der Waals surface area contributed by atoms with Crippen molar-refractivity contribution in [3.05, 3.63) is 29.8 Å². The second-order valence-electron chi connectivity index (χ2n) is 4.97. The minimum absolute atomic E-state index is 0.112. The van der Waals surface area contributed by atoms with Crippen molar-refractivity contribution in [2.24, 2.45) is 0 Å². The Balaban J connectivity index is 2.15. The number of imidazole rings is 1. The summed E-state index contributed by atoms with van der Waals surface area (Å²) >= 11 is 0. The fourth-order valence-electron chi connectivity index (χ4n) is 2.74. The first-order valence-corrected chi connectivity index (χ1v) is 6.70. The molecule has 1 saturated heterocycles. The summed E-state index contributed by atoms with van der Waals surface area (Å²) in [7, 11) is 1.60. The van der Waals surface area contributed by atoms with E-state index in [9.17, 15) is 9.90 Å². The molecule has 0 saturated carbocycles. The maximum Gasteiger partial charge on any atom is 0.356 e. The molecule has 2 N–H and O–H groups in total. The van der Waals surface area contributed by atoms with E-state index in [1.165, 1.54) is 0 Å². The average molecular weight is 275 g/mol. The van der Waals surface area contributed by atoms with Gasteiger partial charge in [-0.15, -0.1) is 0 Å². The molecule has 0 radical (unpaired) electrons. The fourth-order valence-corrected chi connectivity index (χ4v) is 2.74. The highest BCUT2D eigenvalue weighted by molar-refractivity contribution is 5.93. The number of carboxylic acids is 1. The second kappa shape index (κ2) is 5.13. The van der Waals surface area contributed by atoms with Crippen LogP contribution in [0.2, 0.25) is 0 Å². The first kappa shape index (κ1) is 12.9. The van der Waals surface area contributed by atoms with Crippen LogP contribution in [0.3, 0.4) is 0 Å². The number of aromatic nitrogens is 2. The maximum atomic E-state index is 11.3. The standard InChI is InChI=1S/C14H17N3O3/c1-20-10-2-3-11-12(14(18)19)16-13(17(11)8-10)9-4-6-15-7-5-9/h2-3,8-9,15H,4-7H2,1H3,(H,18,19). The summed E-state index contributed by atoms with van der Waals surface area (Å²) in [6.45, 7) is 1.87. The van der Waals surface area contributed by atoms with Gasteiger partial charge >= 0.3 is 5.97 Å². The van der Waals surface area contributed by atoms with Crippen molar-refractivity contribution in [3.8, 4) is 5.75 Å². The largest absolute Gasteiger partial charge is 0.495 e. The molecule has 0 aromatic carbocycles. The maximum absolute atomic E-state index is 11.3. The van der Waals surface area contributed by atoms with Gasteiger partial charge in [-0.3, -0.25) is 4.40 Å². The van der Waals surface area contributed by atoms with Crippen molar-refractivity contribution >= 4 is 11.5 Å². The van der Waals surface area contributed by atoms with Crippen molar-refractivity contribution in [2.45, 2.75) is 18.8 Å². The number of nitrogens with zero attached hydrogens (tertiary/aromatic N) is 2. The molecule has 0 amide bonds. The van der Waals surface area contributed by atoms with Gasteiger partial charge in [0.15, 0.2) is 5.69 Å². The van der Waals surface area contributed by atoms with Gasteiger partial charge in [0.1, 0.15) is 11.6 Å². The van der Waals surface area contributed by atoms with E-state index in [1.54, 1.807) is 19.2 Å². The number of fused-ring (bicyclic) bond motifs is 1. The van der Waals surface area contributed by atoms with Crippen LogP contribution in [-0.4, -0.2) is 40.7 Å². The first-order valence-electron chi connectivity index (χ1n) is 6.70. The van der Waals surface area contributed by atoms with E-state index in [4.69, 9.17) is 4.74 Å². The summed E-state index contributed by atoms with van der Waals surface area (Å²) < 4.78 is 7.09. The fraction of sp³-hybridized carbons (Fsp3) is 0.429. The highest BCUT2D eigenvalue weighted by Gasteiger charge is 2.24. The summed E-state index contributed by atoms with van der Waals surface area (Å²) in [4.78, 5) is 15.7. The van der Waals surface area contributed by atoms with Crippen molar-refractivity contribution < 1.29 is 14.6 Å². The number of ether oxygens (including phenoxy) is 1. The van der Waals surface area contributed by atoms with Crippen LogP contribution < -0.4 is 10.1 Å². The van der Waals surface area contributed by atoms with Crippen LogP contribution >= 0.6 is 0 Å². The van der Waals surface area contributed by atoms with Crippen LogP contribution in [0, 0.1) is 0 Å². The molecule has 0 unspecified atom stereocenters. The number of piperidine rings is 1. The molecule has 0 atom stereocenters. The van der Waals surface area contributed by atoms with E-state index in [0.717, 1.165) is 31.8 Å². The smallest absolute Gasteiger partial charge is 0.356 e. The van der Waals surface area contributed by atoms with Crippen LogP contribution in [0.5, 0.6) is 5.75 Å². The molecular formula is C14H17N3O3. The Morgan fingerprint density at radius 2 is 2.20 bits per heavy atom. The molecule has 1 fully saturated rings. The molecule has 20 heavy (non-hydrogen) atoms. The predicted molar refractivity (Wildman–Crippen MR) is 73.5 cm³/mol. The summed E-state index contributed by atoms with van der Waals surface area (Å²) in [5, 5.41) is 12.6. The van der Waals surface area contributed by atoms with Crippen molar-refractivity contribution in [2.75, 3.05) is 20.2 Å². The number of pyridine rings is 1. The molecule has 2 aromatic heterocycles. The zero-order chi connectivity index (χ0) is 14.1. The normalized spacial score (nSPS) is 16.4. The van der Waals surface area contributed by atoms with Crippen molar-refractivity contribution in [3.63, 3.8) is 0 Å². The lowest BCUT2D eigenvalue weighted by Crippen LogP contribution is -2.27. The molecular weight excluding hydrogens is 258 g/mol. The van der Waals surface area contributed by atoms with Crippen LogP contribution in [0.25, 0.3) is 5.52 Å². The third-order valence-electron chi connectivity index (χ3n) is 3.78. The van der Waals surface area contributed by atoms with Crippen molar-refractivity contribution in [1.29, 1.82) is 0 Å². The first-order chi connectivity index (χ1) is 9.70. The van der Waals surface area contributed by atoms with E-state index >= 15 is 0 Å². The van der Waals surface area contributed by atoms with Gasteiger partial charge < -0.3 is 15.2 Å². The Morgan fingerprint density at radius 3 is 2.85 bits per heavy atom. The highest BCUT2D eigenvalue weighted by Crippen LogP contribution is 2.28. The molecule has 1 aliphatic heterocycles. The molecule has 3 heterocycles. The predicted octanol–water partition coefficient (Wildman–Crippen LogP) is 1.51. The van der Waals surface area contributed by atoms with Gasteiger partial charge in [0.2, 0.25) is 0 Å². The Morgan fingerprint density at radius 1 is 1.45 bits per heavy atom. The molecule has 2 aromatic rings. The molecule has 3 rings (SSSR count). The number of hydrogen-bond donors (Lipinski definition) is 2. The zero-order valence-electron chi connectivity index (χ0n) is 11.3. The summed E-state index contributed by atoms with van der Waals surface area (Å²) in [6.07, 6.45) is 3.75. The Bertz CT molecular complexity index is 644. The summed E-state index contributed by atoms with van der Waals surface area (Å²) in [5.41, 5.74) is 0.730. The number of rotatable bonds is 3. The second-order valence-corrected chi connectivity index (χ2v) is 4.97. The molecule has 6 nitrogen and oxygen atoms in total. The van der Waals surface area contributed by atoms with E-state index < -0.39 is 5.97 Å². The zero-order valence-corrected chi connectivity index (χ0v) is 11.3. The summed E-state index contributed by atoms with van der Waals surface area (Å²) in [6, 6.07) is 3.51. The molecule has 0 spiro atoms. The Labute approximate surface area is 116 Å². The highest BCUT2D eigenvalue weighted by atomic mass is 16.5. The number of nitrogens with one attached hydrogen (secondary N) is 1. The van der Waals surface area contributed by atoms with Gasteiger partial charge in [0.25, 0.3) is 0 Å². The van der Waals surface area contributed by atoms with Gasteiger partial charge in [-0.05, 0) is 38.1 Å². The van der Waals surface area contributed by atoms with Gasteiger partial charge in [0, 0.05) is 5.92 Å². The van der Waals surface area contributed by atoms with E-state index in [2.05, 4.69) is 10.3 Å². The molecule has 106 valence electrons. The third kappa shape index (κ3) is 2.12. The van der Waals surface area contributed by atoms with E-state index in [0.29, 0.717) is 11.3 Å². The topological polar surface area (TPSA) is 75.9 Å². The lowest BCUT2D eigenvalue weighted by Gasteiger charge is -2.21. The average Bonchev–Trinajstić information content (AvgIpc) is 2.87. The third-order valence-corrected chi connectivity index (χ3v) is 3.78. The minimum atomic E-state index is -0.993. The number of hydrogen-bond acceptors (Lipinski definition) is 4. The van der Waals surface area contributed by atoms with E-state index in [1.807, 2.05) is 10.6 Å². The molecule has 6 heteroatoms. The van der Waals surface area contributed by atoms with Crippen LogP contribution in [0.4, 0.5) is 0 Å². The molecule has 0 aliphatic carbocycles. The Hall–Kier alpha value is -2.08. The number of aromatic carboxylic acids is 1. The lowest BCUT2D eigenvalue weighted by molar-refractivity contribution is 0.0693. The van der Waals surface area contributed by atoms with E-state index in [-0.39, 0.29) is 11.6 Å². The van der Waals surface area contributed by atoms with Crippen molar-refractivity contribution in [1.82, 2.24) is 14.7 Å². The van der Waals surface area contributed by atoms with Gasteiger partial charge in [-0.2, -0.15) is 0 Å². The summed E-state index contributed by atoms with van der Waals surface area (Å²) in [5.74, 6) is 0.802.